The van der Waals surface area contributed by atoms with Gasteiger partial charge in [-0.05, 0) is 56.0 Å². The molecular formula is C20H20N2O2S. The average Bonchev–Trinajstić information content (AvgIpc) is 2.61. The highest BCUT2D eigenvalue weighted by Gasteiger charge is 2.27. The van der Waals surface area contributed by atoms with E-state index in [-0.39, 0.29) is 17.1 Å². The number of rotatable bonds is 1. The lowest BCUT2D eigenvalue weighted by atomic mass is 9.97. The van der Waals surface area contributed by atoms with Crippen molar-refractivity contribution in [1.82, 2.24) is 0 Å². The van der Waals surface area contributed by atoms with Crippen LogP contribution in [0.1, 0.15) is 34.8 Å². The minimum absolute atomic E-state index is 0.00378. The van der Waals surface area contributed by atoms with E-state index in [4.69, 9.17) is 0 Å². The van der Waals surface area contributed by atoms with Crippen molar-refractivity contribution in [3.63, 3.8) is 0 Å². The molecule has 5 heteroatoms. The van der Waals surface area contributed by atoms with Crippen LogP contribution >= 0.6 is 11.8 Å². The third kappa shape index (κ3) is 2.82. The fourth-order valence-corrected chi connectivity index (χ4v) is 4.48. The average molecular weight is 352 g/mol. The number of carbonyl (C=O) groups excluding carboxylic acids is 2. The van der Waals surface area contributed by atoms with E-state index < -0.39 is 0 Å². The van der Waals surface area contributed by atoms with Crippen molar-refractivity contribution in [3.05, 3.63) is 53.1 Å². The van der Waals surface area contributed by atoms with Gasteiger partial charge in [-0.1, -0.05) is 18.2 Å². The van der Waals surface area contributed by atoms with Crippen molar-refractivity contribution in [3.8, 4) is 0 Å². The normalized spacial score (nSPS) is 19.0. The molecule has 4 nitrogen and oxygen atoms in total. The second kappa shape index (κ2) is 6.23. The third-order valence-corrected chi connectivity index (χ3v) is 6.00. The fraction of sp³-hybridized carbons (Fsp3) is 0.300. The summed E-state index contributed by atoms with van der Waals surface area (Å²) < 4.78 is 0. The van der Waals surface area contributed by atoms with Crippen LogP contribution in [0.15, 0.2) is 41.3 Å². The Kier molecular flexibility index (Phi) is 4.04. The molecule has 2 aromatic rings. The summed E-state index contributed by atoms with van der Waals surface area (Å²) in [5.74, 6) is -0.0165. The summed E-state index contributed by atoms with van der Waals surface area (Å²) in [5.41, 5.74) is 4.76. The molecule has 0 bridgehead atoms. The number of nitrogens with zero attached hydrogens (tertiary/aromatic N) is 1. The highest BCUT2D eigenvalue weighted by molar-refractivity contribution is 8.00. The van der Waals surface area contributed by atoms with Gasteiger partial charge in [-0.2, -0.15) is 0 Å². The molecule has 0 radical (unpaired) electrons. The van der Waals surface area contributed by atoms with E-state index in [1.807, 2.05) is 24.0 Å². The summed E-state index contributed by atoms with van der Waals surface area (Å²) in [7, 11) is 0. The Morgan fingerprint density at radius 2 is 2.12 bits per heavy atom. The number of nitrogens with one attached hydrogen (secondary N) is 1. The summed E-state index contributed by atoms with van der Waals surface area (Å²) in [6, 6.07) is 11.8. The first-order valence-electron chi connectivity index (χ1n) is 8.56. The highest BCUT2D eigenvalue weighted by atomic mass is 32.2. The van der Waals surface area contributed by atoms with Crippen LogP contribution in [0.2, 0.25) is 0 Å². The van der Waals surface area contributed by atoms with Gasteiger partial charge in [-0.3, -0.25) is 9.59 Å². The number of hydrogen-bond acceptors (Lipinski definition) is 3. The van der Waals surface area contributed by atoms with E-state index in [0.717, 1.165) is 41.2 Å². The fourth-order valence-electron chi connectivity index (χ4n) is 3.55. The summed E-state index contributed by atoms with van der Waals surface area (Å²) in [6.45, 7) is 4.66. The Hall–Kier alpha value is -2.27. The molecule has 1 atom stereocenters. The molecule has 2 aliphatic heterocycles. The molecule has 2 heterocycles. The number of fused-ring (bicyclic) bond motifs is 2. The maximum atomic E-state index is 13.2. The zero-order chi connectivity index (χ0) is 17.6. The van der Waals surface area contributed by atoms with Gasteiger partial charge in [0.05, 0.1) is 16.6 Å². The second-order valence-electron chi connectivity index (χ2n) is 6.60. The minimum Gasteiger partial charge on any atom is -0.324 e. The number of anilines is 2. The lowest BCUT2D eigenvalue weighted by molar-refractivity contribution is -0.115. The lowest BCUT2D eigenvalue weighted by Gasteiger charge is -2.31. The topological polar surface area (TPSA) is 49.4 Å². The van der Waals surface area contributed by atoms with Crippen LogP contribution < -0.4 is 10.2 Å². The largest absolute Gasteiger partial charge is 0.324 e. The molecule has 2 amide bonds. The maximum Gasteiger partial charge on any atom is 0.258 e. The summed E-state index contributed by atoms with van der Waals surface area (Å²) in [6.07, 6.45) is 1.98. The van der Waals surface area contributed by atoms with E-state index in [2.05, 4.69) is 30.4 Å². The van der Waals surface area contributed by atoms with Gasteiger partial charge in [0.15, 0.2) is 0 Å². The van der Waals surface area contributed by atoms with Gasteiger partial charge in [-0.25, -0.2) is 0 Å². The first-order chi connectivity index (χ1) is 12.0. The van der Waals surface area contributed by atoms with E-state index in [0.29, 0.717) is 5.56 Å². The summed E-state index contributed by atoms with van der Waals surface area (Å²) in [5, 5.41) is 2.80. The first kappa shape index (κ1) is 16.2. The van der Waals surface area contributed by atoms with E-state index in [9.17, 15) is 9.59 Å². The maximum absolute atomic E-state index is 13.2. The van der Waals surface area contributed by atoms with Crippen LogP contribution in [0, 0.1) is 6.92 Å². The Morgan fingerprint density at radius 3 is 2.96 bits per heavy atom. The monoisotopic (exact) mass is 352 g/mol. The molecule has 0 aliphatic carbocycles. The number of aryl methyl sites for hydroxylation is 2. The molecular weight excluding hydrogens is 332 g/mol. The SMILES string of the molecule is Cc1cccc2c1N(C(=O)c1ccc3c(c1)NC(=O)C(C)S3)CCC2. The number of carbonyl (C=O) groups is 2. The van der Waals surface area contributed by atoms with Crippen molar-refractivity contribution >= 4 is 35.0 Å². The highest BCUT2D eigenvalue weighted by Crippen LogP contribution is 2.37. The Bertz CT molecular complexity index is 878. The van der Waals surface area contributed by atoms with Crippen LogP contribution in [-0.4, -0.2) is 23.6 Å². The van der Waals surface area contributed by atoms with Crippen LogP contribution in [0.3, 0.4) is 0 Å². The van der Waals surface area contributed by atoms with Gasteiger partial charge in [0.1, 0.15) is 0 Å². The van der Waals surface area contributed by atoms with Gasteiger partial charge in [0.25, 0.3) is 5.91 Å². The van der Waals surface area contributed by atoms with E-state index in [1.54, 1.807) is 6.07 Å². The number of para-hydroxylation sites is 1. The lowest BCUT2D eigenvalue weighted by Crippen LogP contribution is -2.36. The Labute approximate surface area is 151 Å². The van der Waals surface area contributed by atoms with Crippen LogP contribution in [0.4, 0.5) is 11.4 Å². The first-order valence-corrected chi connectivity index (χ1v) is 9.44. The van der Waals surface area contributed by atoms with E-state index in [1.165, 1.54) is 17.3 Å². The van der Waals surface area contributed by atoms with Crippen molar-refractivity contribution in [2.75, 3.05) is 16.8 Å². The predicted molar refractivity (Wildman–Crippen MR) is 102 cm³/mol. The van der Waals surface area contributed by atoms with Gasteiger partial charge >= 0.3 is 0 Å². The molecule has 1 N–H and O–H groups in total. The van der Waals surface area contributed by atoms with Crippen LogP contribution in [0.25, 0.3) is 0 Å². The van der Waals surface area contributed by atoms with Crippen molar-refractivity contribution in [1.29, 1.82) is 0 Å². The second-order valence-corrected chi connectivity index (χ2v) is 7.99. The zero-order valence-electron chi connectivity index (χ0n) is 14.3. The Balaban J connectivity index is 1.70. The zero-order valence-corrected chi connectivity index (χ0v) is 15.2. The molecule has 25 heavy (non-hydrogen) atoms. The molecule has 0 aromatic heterocycles. The van der Waals surface area contributed by atoms with E-state index >= 15 is 0 Å². The summed E-state index contributed by atoms with van der Waals surface area (Å²) in [4.78, 5) is 28.0. The number of benzene rings is 2. The van der Waals surface area contributed by atoms with Gasteiger partial charge in [-0.15, -0.1) is 11.8 Å². The molecule has 0 saturated carbocycles. The molecule has 128 valence electrons. The molecule has 4 rings (SSSR count). The molecule has 1 unspecified atom stereocenters. The molecule has 0 spiro atoms. The molecule has 0 fully saturated rings. The van der Waals surface area contributed by atoms with Crippen molar-refractivity contribution in [2.24, 2.45) is 0 Å². The van der Waals surface area contributed by atoms with Gasteiger partial charge < -0.3 is 10.2 Å². The predicted octanol–water partition coefficient (Wildman–Crippen LogP) is 4.02. The third-order valence-electron chi connectivity index (χ3n) is 4.82. The van der Waals surface area contributed by atoms with Crippen molar-refractivity contribution < 1.29 is 9.59 Å². The standard InChI is InChI=1S/C20H20N2O2S/c1-12-5-3-6-14-7-4-10-22(18(12)14)20(24)15-8-9-17-16(11-15)21-19(23)13(2)25-17/h3,5-6,8-9,11,13H,4,7,10H2,1-2H3,(H,21,23). The molecule has 0 saturated heterocycles. The molecule has 2 aromatic carbocycles. The number of thioether (sulfide) groups is 1. The molecule has 2 aliphatic rings. The Morgan fingerprint density at radius 1 is 1.28 bits per heavy atom. The summed E-state index contributed by atoms with van der Waals surface area (Å²) >= 11 is 1.53. The number of hydrogen-bond donors (Lipinski definition) is 1. The minimum atomic E-state index is -0.106. The van der Waals surface area contributed by atoms with Crippen molar-refractivity contribution in [2.45, 2.75) is 36.8 Å². The van der Waals surface area contributed by atoms with Gasteiger partial charge in [0, 0.05) is 17.0 Å². The van der Waals surface area contributed by atoms with Crippen LogP contribution in [-0.2, 0) is 11.2 Å². The number of amides is 2. The van der Waals surface area contributed by atoms with Gasteiger partial charge in [0.2, 0.25) is 5.91 Å². The quantitative estimate of drug-likeness (QED) is 0.843. The smallest absolute Gasteiger partial charge is 0.258 e. The van der Waals surface area contributed by atoms with Crippen LogP contribution in [0.5, 0.6) is 0 Å².